The second kappa shape index (κ2) is 6.80. The van der Waals surface area contributed by atoms with Crippen molar-refractivity contribution in [2.75, 3.05) is 19.8 Å². The Balaban J connectivity index is 2.35. The van der Waals surface area contributed by atoms with Crippen molar-refractivity contribution in [3.8, 4) is 5.75 Å². The van der Waals surface area contributed by atoms with Gasteiger partial charge < -0.3 is 9.47 Å². The van der Waals surface area contributed by atoms with E-state index >= 15 is 0 Å². The van der Waals surface area contributed by atoms with Gasteiger partial charge in [-0.2, -0.15) is 13.2 Å². The van der Waals surface area contributed by atoms with E-state index in [-0.39, 0.29) is 19.1 Å². The van der Waals surface area contributed by atoms with Crippen molar-refractivity contribution in [3.05, 3.63) is 29.6 Å². The highest BCUT2D eigenvalue weighted by Gasteiger charge is 2.27. The number of rotatable bonds is 6. The Kier molecular flexibility index (Phi) is 5.68. The predicted molar refractivity (Wildman–Crippen MR) is 58.3 cm³/mol. The Bertz CT molecular complexity index is 382. The molecule has 0 saturated carbocycles. The van der Waals surface area contributed by atoms with Crippen molar-refractivity contribution in [2.45, 2.75) is 12.1 Å². The maximum absolute atomic E-state index is 12.8. The number of benzene rings is 1. The van der Waals surface area contributed by atoms with Crippen molar-refractivity contribution in [1.29, 1.82) is 0 Å². The third-order valence-corrected chi connectivity index (χ3v) is 2.21. The zero-order valence-corrected chi connectivity index (χ0v) is 10.0. The molecule has 0 aliphatic carbocycles. The molecule has 0 aromatic heterocycles. The van der Waals surface area contributed by atoms with Gasteiger partial charge in [0.15, 0.2) is 0 Å². The van der Waals surface area contributed by atoms with E-state index in [1.165, 1.54) is 18.2 Å². The molecular formula is C11H11ClF4O2. The zero-order valence-electron chi connectivity index (χ0n) is 9.27. The third-order valence-electron chi connectivity index (χ3n) is 1.92. The molecule has 1 rings (SSSR count). The fraction of sp³-hybridized carbons (Fsp3) is 0.455. The molecule has 1 aromatic rings. The van der Waals surface area contributed by atoms with Crippen molar-refractivity contribution in [2.24, 2.45) is 0 Å². The molecule has 0 bridgehead atoms. The van der Waals surface area contributed by atoms with E-state index in [0.717, 1.165) is 0 Å². The maximum atomic E-state index is 12.8. The van der Waals surface area contributed by atoms with Crippen molar-refractivity contribution in [1.82, 2.24) is 0 Å². The van der Waals surface area contributed by atoms with Crippen molar-refractivity contribution in [3.63, 3.8) is 0 Å². The number of alkyl halides is 4. The lowest BCUT2D eigenvalue weighted by atomic mass is 10.2. The summed E-state index contributed by atoms with van der Waals surface area (Å²) in [6.07, 6.45) is -4.35. The summed E-state index contributed by atoms with van der Waals surface area (Å²) in [5.74, 6) is -0.0652. The third kappa shape index (κ3) is 5.55. The molecule has 2 nitrogen and oxygen atoms in total. The Hall–Kier alpha value is -1.01. The Morgan fingerprint density at radius 2 is 1.89 bits per heavy atom. The molecule has 18 heavy (non-hydrogen) atoms. The summed E-state index contributed by atoms with van der Waals surface area (Å²) >= 11 is 5.58. The van der Waals surface area contributed by atoms with Crippen LogP contribution in [0.5, 0.6) is 5.75 Å². The summed E-state index contributed by atoms with van der Waals surface area (Å²) < 4.78 is 57.6. The molecule has 7 heteroatoms. The van der Waals surface area contributed by atoms with Crippen molar-refractivity contribution < 1.29 is 27.0 Å². The van der Waals surface area contributed by atoms with Gasteiger partial charge in [-0.3, -0.25) is 0 Å². The standard InChI is InChI=1S/C11H11ClF4O2/c12-6-8-5-9(13)1-2-10(8)18-4-3-17-7-11(14,15)16/h1-2,5H,3-4,6-7H2. The summed E-state index contributed by atoms with van der Waals surface area (Å²) in [5, 5.41) is 0. The van der Waals surface area contributed by atoms with E-state index in [0.29, 0.717) is 11.3 Å². The second-order valence-electron chi connectivity index (χ2n) is 3.40. The molecule has 0 aliphatic heterocycles. The van der Waals surface area contributed by atoms with Crippen LogP contribution >= 0.6 is 11.6 Å². The van der Waals surface area contributed by atoms with E-state index in [9.17, 15) is 17.6 Å². The Morgan fingerprint density at radius 3 is 2.50 bits per heavy atom. The second-order valence-corrected chi connectivity index (χ2v) is 3.67. The minimum atomic E-state index is -4.35. The van der Waals surface area contributed by atoms with E-state index in [4.69, 9.17) is 16.3 Å². The average molecular weight is 287 g/mol. The average Bonchev–Trinajstić information content (AvgIpc) is 2.28. The summed E-state index contributed by atoms with van der Waals surface area (Å²) in [6, 6.07) is 3.76. The van der Waals surface area contributed by atoms with Crippen LogP contribution < -0.4 is 4.74 Å². The largest absolute Gasteiger partial charge is 0.491 e. The van der Waals surface area contributed by atoms with Gasteiger partial charge in [0.05, 0.1) is 12.5 Å². The highest BCUT2D eigenvalue weighted by atomic mass is 35.5. The minimum Gasteiger partial charge on any atom is -0.491 e. The van der Waals surface area contributed by atoms with Crippen LogP contribution in [-0.2, 0) is 10.6 Å². The van der Waals surface area contributed by atoms with Gasteiger partial charge in [0, 0.05) is 5.56 Å². The Morgan fingerprint density at radius 1 is 1.17 bits per heavy atom. The van der Waals surface area contributed by atoms with E-state index in [1.807, 2.05) is 0 Å². The first kappa shape index (κ1) is 15.0. The summed E-state index contributed by atoms with van der Waals surface area (Å²) in [5.41, 5.74) is 0.437. The molecule has 0 saturated heterocycles. The molecule has 102 valence electrons. The van der Waals surface area contributed by atoms with Crippen molar-refractivity contribution >= 4 is 11.6 Å². The van der Waals surface area contributed by atoms with Gasteiger partial charge in [0.1, 0.15) is 24.8 Å². The molecule has 0 heterocycles. The Labute approximate surface area is 106 Å². The van der Waals surface area contributed by atoms with Gasteiger partial charge in [-0.25, -0.2) is 4.39 Å². The van der Waals surface area contributed by atoms with Crippen LogP contribution in [0.2, 0.25) is 0 Å². The number of ether oxygens (including phenoxy) is 2. The molecule has 0 spiro atoms. The normalized spacial score (nSPS) is 11.6. The van der Waals surface area contributed by atoms with Gasteiger partial charge in [-0.1, -0.05) is 0 Å². The van der Waals surface area contributed by atoms with E-state index in [2.05, 4.69) is 4.74 Å². The summed E-state index contributed by atoms with van der Waals surface area (Å²) in [6.45, 7) is -1.59. The first-order valence-corrected chi connectivity index (χ1v) is 5.57. The number of hydrogen-bond donors (Lipinski definition) is 0. The van der Waals surface area contributed by atoms with Gasteiger partial charge in [0.25, 0.3) is 0 Å². The molecular weight excluding hydrogens is 276 g/mol. The fourth-order valence-corrected chi connectivity index (χ4v) is 1.40. The number of hydrogen-bond acceptors (Lipinski definition) is 2. The van der Waals surface area contributed by atoms with Gasteiger partial charge in [-0.05, 0) is 18.2 Å². The monoisotopic (exact) mass is 286 g/mol. The smallest absolute Gasteiger partial charge is 0.411 e. The molecule has 0 radical (unpaired) electrons. The lowest BCUT2D eigenvalue weighted by Gasteiger charge is -2.11. The highest BCUT2D eigenvalue weighted by Crippen LogP contribution is 2.21. The summed E-state index contributed by atoms with van der Waals surface area (Å²) in [7, 11) is 0. The molecule has 1 aromatic carbocycles. The molecule has 0 atom stereocenters. The van der Waals surface area contributed by atoms with E-state index < -0.39 is 18.6 Å². The highest BCUT2D eigenvalue weighted by molar-refractivity contribution is 6.17. The van der Waals surface area contributed by atoms with Crippen LogP contribution in [0.15, 0.2) is 18.2 Å². The van der Waals surface area contributed by atoms with Gasteiger partial charge in [0.2, 0.25) is 0 Å². The molecule has 0 fully saturated rings. The predicted octanol–water partition coefficient (Wildman–Crippen LogP) is 3.52. The van der Waals surface area contributed by atoms with Crippen LogP contribution in [0.4, 0.5) is 17.6 Å². The zero-order chi connectivity index (χ0) is 13.6. The van der Waals surface area contributed by atoms with Gasteiger partial charge in [-0.15, -0.1) is 11.6 Å². The minimum absolute atomic E-state index is 0.0521. The maximum Gasteiger partial charge on any atom is 0.411 e. The van der Waals surface area contributed by atoms with Crippen LogP contribution in [0.3, 0.4) is 0 Å². The molecule has 0 aliphatic rings. The first-order chi connectivity index (χ1) is 8.42. The van der Waals surface area contributed by atoms with Crippen LogP contribution in [0, 0.1) is 5.82 Å². The first-order valence-electron chi connectivity index (χ1n) is 5.04. The lowest BCUT2D eigenvalue weighted by Crippen LogP contribution is -2.19. The number of halogens is 5. The quantitative estimate of drug-likeness (QED) is 0.452. The molecule has 0 unspecified atom stereocenters. The topological polar surface area (TPSA) is 18.5 Å². The van der Waals surface area contributed by atoms with E-state index in [1.54, 1.807) is 0 Å². The SMILES string of the molecule is Fc1ccc(OCCOCC(F)(F)F)c(CCl)c1. The fourth-order valence-electron chi connectivity index (χ4n) is 1.19. The van der Waals surface area contributed by atoms with Gasteiger partial charge >= 0.3 is 6.18 Å². The van der Waals surface area contributed by atoms with Crippen LogP contribution in [0.25, 0.3) is 0 Å². The summed E-state index contributed by atoms with van der Waals surface area (Å²) in [4.78, 5) is 0. The van der Waals surface area contributed by atoms with Crippen LogP contribution in [-0.4, -0.2) is 26.0 Å². The molecule has 0 amide bonds. The lowest BCUT2D eigenvalue weighted by molar-refractivity contribution is -0.175. The molecule has 0 N–H and O–H groups in total. The van der Waals surface area contributed by atoms with Crippen LogP contribution in [0.1, 0.15) is 5.56 Å².